The van der Waals surface area contributed by atoms with Gasteiger partial charge in [0.25, 0.3) is 0 Å². The fraction of sp³-hybridized carbons (Fsp3) is 1.00. The molecular formula is C8H16O2. The molecule has 0 aromatic carbocycles. The highest BCUT2D eigenvalue weighted by Crippen LogP contribution is 2.24. The number of hydrogen-bond donors (Lipinski definition) is 1. The molecule has 4 atom stereocenters. The molecule has 0 aliphatic carbocycles. The van der Waals surface area contributed by atoms with Crippen LogP contribution in [0.15, 0.2) is 0 Å². The second kappa shape index (κ2) is 2.89. The summed E-state index contributed by atoms with van der Waals surface area (Å²) < 4.78 is 12.4. The van der Waals surface area contributed by atoms with Gasteiger partial charge in [0.15, 0.2) is 0 Å². The Kier molecular flexibility index (Phi) is 1.91. The topological polar surface area (TPSA) is 29.5 Å². The van der Waals surface area contributed by atoms with Gasteiger partial charge in [-0.05, 0) is 18.7 Å². The summed E-state index contributed by atoms with van der Waals surface area (Å²) in [4.78, 5) is 0. The van der Waals surface area contributed by atoms with Crippen LogP contribution in [0, 0.1) is 11.8 Å². The molecule has 1 rings (SSSR count). The van der Waals surface area contributed by atoms with Crippen molar-refractivity contribution in [3.63, 3.8) is 0 Å². The van der Waals surface area contributed by atoms with Crippen LogP contribution in [0.5, 0.6) is 0 Å². The standard InChI is InChI=1S/C8H16O2/c1-5-4-10-7(3)8(9)6(5)2/h5-9H,4H2,1-3H3/i3D. The van der Waals surface area contributed by atoms with Crippen molar-refractivity contribution < 1.29 is 11.2 Å². The zero-order valence-electron chi connectivity index (χ0n) is 7.58. The van der Waals surface area contributed by atoms with E-state index in [1.807, 2.05) is 6.92 Å². The van der Waals surface area contributed by atoms with Gasteiger partial charge in [0.05, 0.1) is 12.2 Å². The van der Waals surface area contributed by atoms with Gasteiger partial charge >= 0.3 is 0 Å². The minimum absolute atomic E-state index is 0.165. The predicted molar refractivity (Wildman–Crippen MR) is 39.7 cm³/mol. The average Bonchev–Trinajstić information content (AvgIpc) is 2.01. The van der Waals surface area contributed by atoms with E-state index in [1.165, 1.54) is 0 Å². The summed E-state index contributed by atoms with van der Waals surface area (Å²) in [5.74, 6) is 0.673. The largest absolute Gasteiger partial charge is 0.390 e. The van der Waals surface area contributed by atoms with Crippen molar-refractivity contribution in [3.05, 3.63) is 0 Å². The minimum Gasteiger partial charge on any atom is -0.390 e. The Hall–Kier alpha value is -0.0800. The van der Waals surface area contributed by atoms with Gasteiger partial charge < -0.3 is 9.84 Å². The quantitative estimate of drug-likeness (QED) is 0.552. The van der Waals surface area contributed by atoms with Crippen LogP contribution >= 0.6 is 0 Å². The van der Waals surface area contributed by atoms with Crippen LogP contribution in [0.25, 0.3) is 0 Å². The van der Waals surface area contributed by atoms with Crippen molar-refractivity contribution in [2.24, 2.45) is 11.8 Å². The van der Waals surface area contributed by atoms with Crippen molar-refractivity contribution in [2.75, 3.05) is 6.61 Å². The zero-order valence-corrected chi connectivity index (χ0v) is 6.58. The molecule has 0 aromatic rings. The molecule has 2 heteroatoms. The number of aliphatic hydroxyl groups excluding tert-OH is 1. The Morgan fingerprint density at radius 2 is 2.30 bits per heavy atom. The molecule has 1 N–H and O–H groups in total. The van der Waals surface area contributed by atoms with Crippen LogP contribution in [-0.2, 0) is 4.74 Å². The van der Waals surface area contributed by atoms with Crippen molar-refractivity contribution in [1.29, 1.82) is 0 Å². The van der Waals surface area contributed by atoms with Crippen LogP contribution in [0.3, 0.4) is 0 Å². The first kappa shape index (κ1) is 6.62. The molecule has 1 heterocycles. The molecule has 60 valence electrons. The van der Waals surface area contributed by atoms with Gasteiger partial charge in [-0.25, -0.2) is 0 Å². The first-order chi connectivity index (χ1) is 5.16. The maximum Gasteiger partial charge on any atom is 0.0827 e. The van der Waals surface area contributed by atoms with E-state index in [0.717, 1.165) is 0 Å². The first-order valence-electron chi connectivity index (χ1n) is 4.46. The van der Waals surface area contributed by atoms with E-state index in [2.05, 4.69) is 6.92 Å². The number of aliphatic hydroxyl groups is 1. The Labute approximate surface area is 63.6 Å². The maximum atomic E-state index is 9.56. The van der Waals surface area contributed by atoms with E-state index in [-0.39, 0.29) is 18.9 Å². The lowest BCUT2D eigenvalue weighted by atomic mass is 9.86. The van der Waals surface area contributed by atoms with Gasteiger partial charge in [-0.15, -0.1) is 0 Å². The number of hydrogen-bond acceptors (Lipinski definition) is 2. The Balaban J connectivity index is 2.52. The highest BCUT2D eigenvalue weighted by Gasteiger charge is 2.31. The van der Waals surface area contributed by atoms with Crippen molar-refractivity contribution in [3.8, 4) is 0 Å². The maximum absolute atomic E-state index is 9.56. The van der Waals surface area contributed by atoms with Gasteiger partial charge in [0, 0.05) is 7.98 Å². The van der Waals surface area contributed by atoms with Gasteiger partial charge in [0.1, 0.15) is 0 Å². The summed E-state index contributed by atoms with van der Waals surface area (Å²) in [6.07, 6.45) is -0.711. The molecule has 4 unspecified atom stereocenters. The van der Waals surface area contributed by atoms with E-state index in [4.69, 9.17) is 6.11 Å². The van der Waals surface area contributed by atoms with Gasteiger partial charge in [0.2, 0.25) is 0 Å². The third-order valence-electron chi connectivity index (χ3n) is 2.39. The minimum atomic E-state index is -0.448. The lowest BCUT2D eigenvalue weighted by Crippen LogP contribution is -2.42. The number of rotatable bonds is 0. The molecule has 0 radical (unpaired) electrons. The molecule has 1 saturated heterocycles. The molecule has 2 nitrogen and oxygen atoms in total. The zero-order chi connectivity index (χ0) is 8.43. The van der Waals surface area contributed by atoms with Crippen molar-refractivity contribution >= 4 is 0 Å². The van der Waals surface area contributed by atoms with Crippen LogP contribution in [0.4, 0.5) is 0 Å². The summed E-state index contributed by atoms with van der Waals surface area (Å²) in [7, 11) is 0. The molecule has 0 bridgehead atoms. The third kappa shape index (κ3) is 1.32. The van der Waals surface area contributed by atoms with E-state index >= 15 is 0 Å². The highest BCUT2D eigenvalue weighted by molar-refractivity contribution is 4.79. The second-order valence-corrected chi connectivity index (χ2v) is 3.20. The SMILES string of the molecule is [2H]CC1OCC(C)C(C)C1O. The fourth-order valence-corrected chi connectivity index (χ4v) is 1.20. The summed E-state index contributed by atoms with van der Waals surface area (Å²) in [5, 5.41) is 9.56. The molecule has 1 aliphatic heterocycles. The summed E-state index contributed by atoms with van der Waals surface area (Å²) >= 11 is 0. The van der Waals surface area contributed by atoms with Crippen LogP contribution in [-0.4, -0.2) is 23.9 Å². The molecule has 1 fully saturated rings. The lowest BCUT2D eigenvalue weighted by Gasteiger charge is -2.35. The molecule has 0 spiro atoms. The van der Waals surface area contributed by atoms with Crippen LogP contribution in [0.2, 0.25) is 0 Å². The van der Waals surface area contributed by atoms with Crippen molar-refractivity contribution in [1.82, 2.24) is 0 Å². The lowest BCUT2D eigenvalue weighted by molar-refractivity contribution is -0.116. The van der Waals surface area contributed by atoms with Gasteiger partial charge in [-0.3, -0.25) is 0 Å². The first-order valence-corrected chi connectivity index (χ1v) is 3.75. The average molecular weight is 145 g/mol. The molecule has 0 aromatic heterocycles. The molecular weight excluding hydrogens is 128 g/mol. The Morgan fingerprint density at radius 3 is 2.90 bits per heavy atom. The predicted octanol–water partition coefficient (Wildman–Crippen LogP) is 1.04. The summed E-state index contributed by atoms with van der Waals surface area (Å²) in [6.45, 7) is 4.93. The molecule has 10 heavy (non-hydrogen) atoms. The monoisotopic (exact) mass is 145 g/mol. The van der Waals surface area contributed by atoms with Gasteiger partial charge in [-0.1, -0.05) is 13.8 Å². The van der Waals surface area contributed by atoms with Crippen molar-refractivity contribution in [2.45, 2.75) is 33.0 Å². The normalized spacial score (nSPS) is 50.5. The van der Waals surface area contributed by atoms with E-state index < -0.39 is 6.10 Å². The van der Waals surface area contributed by atoms with E-state index in [9.17, 15) is 5.11 Å². The molecule has 0 saturated carbocycles. The van der Waals surface area contributed by atoms with E-state index in [0.29, 0.717) is 12.5 Å². The smallest absolute Gasteiger partial charge is 0.0827 e. The van der Waals surface area contributed by atoms with Crippen LogP contribution < -0.4 is 0 Å². The molecule has 1 aliphatic rings. The van der Waals surface area contributed by atoms with E-state index in [1.54, 1.807) is 0 Å². The summed E-state index contributed by atoms with van der Waals surface area (Å²) in [5.41, 5.74) is 0. The van der Waals surface area contributed by atoms with Gasteiger partial charge in [-0.2, -0.15) is 0 Å². The van der Waals surface area contributed by atoms with Crippen LogP contribution in [0.1, 0.15) is 22.1 Å². The highest BCUT2D eigenvalue weighted by atomic mass is 16.5. The second-order valence-electron chi connectivity index (χ2n) is 3.20. The third-order valence-corrected chi connectivity index (χ3v) is 2.39. The fourth-order valence-electron chi connectivity index (χ4n) is 1.20. The Bertz CT molecular complexity index is 127. The molecule has 0 amide bonds. The number of ether oxygens (including phenoxy) is 1. The summed E-state index contributed by atoms with van der Waals surface area (Å²) in [6, 6.07) is 0. The Morgan fingerprint density at radius 1 is 1.60 bits per heavy atom.